The van der Waals surface area contributed by atoms with Gasteiger partial charge in [-0.05, 0) is 62.1 Å². The van der Waals surface area contributed by atoms with Crippen LogP contribution < -0.4 is 5.32 Å². The molecule has 2 N–H and O–H groups in total. The minimum absolute atomic E-state index is 0.0409. The molecule has 2 saturated carbocycles. The van der Waals surface area contributed by atoms with Crippen molar-refractivity contribution in [3.8, 4) is 6.07 Å². The van der Waals surface area contributed by atoms with Gasteiger partial charge in [0, 0.05) is 18.2 Å². The number of nitriles is 1. The molecule has 0 radical (unpaired) electrons. The fourth-order valence-electron chi connectivity index (χ4n) is 3.29. The van der Waals surface area contributed by atoms with Gasteiger partial charge in [-0.2, -0.15) is 5.26 Å². The van der Waals surface area contributed by atoms with Gasteiger partial charge < -0.3 is 10.4 Å². The number of nitrogens with one attached hydrogen (secondary N) is 1. The van der Waals surface area contributed by atoms with Crippen molar-refractivity contribution in [3.63, 3.8) is 0 Å². The van der Waals surface area contributed by atoms with Gasteiger partial charge >= 0.3 is 0 Å². The van der Waals surface area contributed by atoms with Gasteiger partial charge in [-0.25, -0.2) is 0 Å². The molecular weight excluding hydrogens is 276 g/mol. The van der Waals surface area contributed by atoms with Crippen molar-refractivity contribution in [1.82, 2.24) is 5.32 Å². The fraction of sp³-hybridized carbons (Fsp3) is 0.556. The number of amides is 1. The lowest BCUT2D eigenvalue weighted by molar-refractivity contribution is 0.0914. The second-order valence-electron chi connectivity index (χ2n) is 6.64. The molecule has 3 rings (SSSR count). The van der Waals surface area contributed by atoms with E-state index in [0.717, 1.165) is 44.1 Å². The first-order chi connectivity index (χ1) is 10.7. The smallest absolute Gasteiger partial charge is 0.251 e. The summed E-state index contributed by atoms with van der Waals surface area (Å²) in [4.78, 5) is 12.3. The average molecular weight is 298 g/mol. The minimum atomic E-state index is -0.294. The second-order valence-corrected chi connectivity index (χ2v) is 6.64. The Morgan fingerprint density at radius 3 is 2.36 bits per heavy atom. The second kappa shape index (κ2) is 6.10. The number of benzene rings is 1. The number of aliphatic hydroxyl groups excluding tert-OH is 1. The summed E-state index contributed by atoms with van der Waals surface area (Å²) in [6, 6.07) is 10.0. The van der Waals surface area contributed by atoms with Gasteiger partial charge in [-0.15, -0.1) is 0 Å². The first-order valence-electron chi connectivity index (χ1n) is 8.10. The Labute approximate surface area is 131 Å². The zero-order valence-corrected chi connectivity index (χ0v) is 12.7. The number of nitrogens with zero attached hydrogens (tertiary/aromatic N) is 1. The Bertz CT molecular complexity index is 576. The van der Waals surface area contributed by atoms with E-state index in [1.54, 1.807) is 0 Å². The van der Waals surface area contributed by atoms with Crippen molar-refractivity contribution in [2.75, 3.05) is 6.61 Å². The third-order valence-electron chi connectivity index (χ3n) is 5.10. The van der Waals surface area contributed by atoms with Crippen LogP contribution in [0.3, 0.4) is 0 Å². The molecule has 2 fully saturated rings. The number of carbonyl (C=O) groups excluding carboxylic acids is 1. The largest absolute Gasteiger partial charge is 0.396 e. The lowest BCUT2D eigenvalue weighted by Crippen LogP contribution is -2.38. The summed E-state index contributed by atoms with van der Waals surface area (Å²) in [6.07, 6.45) is 5.67. The van der Waals surface area contributed by atoms with Gasteiger partial charge in [0.2, 0.25) is 0 Å². The van der Waals surface area contributed by atoms with Gasteiger partial charge in [0.25, 0.3) is 5.91 Å². The van der Waals surface area contributed by atoms with E-state index < -0.39 is 0 Å². The average Bonchev–Trinajstić information content (AvgIpc) is 3.37. The van der Waals surface area contributed by atoms with Crippen LogP contribution in [0.15, 0.2) is 24.3 Å². The van der Waals surface area contributed by atoms with Crippen LogP contribution in [0.25, 0.3) is 0 Å². The first-order valence-corrected chi connectivity index (χ1v) is 8.10. The van der Waals surface area contributed by atoms with E-state index in [9.17, 15) is 10.1 Å². The zero-order valence-electron chi connectivity index (χ0n) is 12.7. The summed E-state index contributed by atoms with van der Waals surface area (Å²) in [5.41, 5.74) is 1.38. The fourth-order valence-corrected chi connectivity index (χ4v) is 3.29. The molecule has 1 aromatic carbocycles. The predicted octanol–water partition coefficient (Wildman–Crippen LogP) is 2.52. The molecule has 22 heavy (non-hydrogen) atoms. The van der Waals surface area contributed by atoms with Crippen LogP contribution in [-0.4, -0.2) is 23.7 Å². The molecule has 0 heterocycles. The third-order valence-corrected chi connectivity index (χ3v) is 5.10. The topological polar surface area (TPSA) is 73.1 Å². The Hall–Kier alpha value is -1.86. The van der Waals surface area contributed by atoms with Crippen LogP contribution in [0.2, 0.25) is 0 Å². The molecule has 0 bridgehead atoms. The van der Waals surface area contributed by atoms with Crippen LogP contribution in [0.4, 0.5) is 0 Å². The van der Waals surface area contributed by atoms with Crippen molar-refractivity contribution in [1.29, 1.82) is 5.26 Å². The molecule has 0 unspecified atom stereocenters. The number of aliphatic hydroxyl groups is 1. The molecule has 2 aliphatic rings. The quantitative estimate of drug-likeness (QED) is 0.897. The van der Waals surface area contributed by atoms with Crippen molar-refractivity contribution < 1.29 is 9.90 Å². The molecule has 4 heteroatoms. The van der Waals surface area contributed by atoms with E-state index in [0.29, 0.717) is 11.5 Å². The third kappa shape index (κ3) is 3.00. The lowest BCUT2D eigenvalue weighted by atomic mass is 9.86. The van der Waals surface area contributed by atoms with E-state index in [2.05, 4.69) is 11.4 Å². The predicted molar refractivity (Wildman–Crippen MR) is 83.3 cm³/mol. The van der Waals surface area contributed by atoms with E-state index in [1.165, 1.54) is 0 Å². The highest BCUT2D eigenvalue weighted by Gasteiger charge is 2.44. The maximum atomic E-state index is 12.3. The van der Waals surface area contributed by atoms with Crippen molar-refractivity contribution in [2.45, 2.75) is 50.0 Å². The van der Waals surface area contributed by atoms with Gasteiger partial charge in [0.05, 0.1) is 11.5 Å². The highest BCUT2D eigenvalue weighted by atomic mass is 16.3. The van der Waals surface area contributed by atoms with Gasteiger partial charge in [0.1, 0.15) is 0 Å². The van der Waals surface area contributed by atoms with E-state index >= 15 is 0 Å². The molecule has 0 aromatic heterocycles. The van der Waals surface area contributed by atoms with Gasteiger partial charge in [-0.3, -0.25) is 4.79 Å². The summed E-state index contributed by atoms with van der Waals surface area (Å²) < 4.78 is 0. The first kappa shape index (κ1) is 15.1. The lowest BCUT2D eigenvalue weighted by Gasteiger charge is -2.28. The Morgan fingerprint density at radius 1 is 1.23 bits per heavy atom. The maximum Gasteiger partial charge on any atom is 0.251 e. The van der Waals surface area contributed by atoms with Gasteiger partial charge in [0.15, 0.2) is 0 Å². The van der Waals surface area contributed by atoms with Crippen LogP contribution >= 0.6 is 0 Å². The monoisotopic (exact) mass is 298 g/mol. The minimum Gasteiger partial charge on any atom is -0.396 e. The molecule has 1 amide bonds. The number of carbonyl (C=O) groups is 1. The van der Waals surface area contributed by atoms with Crippen LogP contribution in [-0.2, 0) is 5.41 Å². The van der Waals surface area contributed by atoms with Gasteiger partial charge in [-0.1, -0.05) is 12.1 Å². The van der Waals surface area contributed by atoms with Crippen LogP contribution in [0, 0.1) is 17.2 Å². The zero-order chi connectivity index (χ0) is 15.6. The summed E-state index contributed by atoms with van der Waals surface area (Å²) >= 11 is 0. The number of rotatable bonds is 4. The van der Waals surface area contributed by atoms with Crippen molar-refractivity contribution >= 4 is 5.91 Å². The summed E-state index contributed by atoms with van der Waals surface area (Å²) in [7, 11) is 0. The van der Waals surface area contributed by atoms with Crippen LogP contribution in [0.1, 0.15) is 54.4 Å². The molecule has 116 valence electrons. The Kier molecular flexibility index (Phi) is 4.17. The molecule has 4 nitrogen and oxygen atoms in total. The standard InChI is InChI=1S/C18H22N2O2/c19-12-18(9-10-18)15-5-3-14(4-6-15)17(22)20-16-7-1-13(11-21)2-8-16/h3-6,13,16,21H,1-2,7-11H2,(H,20,22). The number of hydrogen-bond donors (Lipinski definition) is 2. The molecule has 0 saturated heterocycles. The Morgan fingerprint density at radius 2 is 1.86 bits per heavy atom. The Balaban J connectivity index is 1.58. The maximum absolute atomic E-state index is 12.3. The molecule has 0 atom stereocenters. The highest BCUT2D eigenvalue weighted by molar-refractivity contribution is 5.94. The van der Waals surface area contributed by atoms with E-state index in [1.807, 2.05) is 24.3 Å². The normalized spacial score (nSPS) is 26.0. The SMILES string of the molecule is N#CC1(c2ccc(C(=O)NC3CCC(CO)CC3)cc2)CC1. The molecular formula is C18H22N2O2. The molecule has 0 aliphatic heterocycles. The van der Waals surface area contributed by atoms with Crippen molar-refractivity contribution in [3.05, 3.63) is 35.4 Å². The number of hydrogen-bond acceptors (Lipinski definition) is 3. The van der Waals surface area contributed by atoms with Crippen molar-refractivity contribution in [2.24, 2.45) is 5.92 Å². The molecule has 2 aliphatic carbocycles. The molecule has 0 spiro atoms. The van der Waals surface area contributed by atoms with E-state index in [-0.39, 0.29) is 24.0 Å². The van der Waals surface area contributed by atoms with E-state index in [4.69, 9.17) is 5.11 Å². The summed E-state index contributed by atoms with van der Waals surface area (Å²) in [6.45, 7) is 0.253. The molecule has 1 aromatic rings. The summed E-state index contributed by atoms with van der Waals surface area (Å²) in [5.74, 6) is 0.356. The summed E-state index contributed by atoms with van der Waals surface area (Å²) in [5, 5.41) is 21.4. The van der Waals surface area contributed by atoms with Crippen LogP contribution in [0.5, 0.6) is 0 Å². The highest BCUT2D eigenvalue weighted by Crippen LogP contribution is 2.47.